The summed E-state index contributed by atoms with van der Waals surface area (Å²) in [5.74, 6) is 0.698. The van der Waals surface area contributed by atoms with Crippen molar-refractivity contribution in [1.82, 2.24) is 16.0 Å². The number of nitrogens with zero attached hydrogens (tertiary/aromatic N) is 1. The number of hydrogen-bond donors (Lipinski definition) is 3. The van der Waals surface area contributed by atoms with Crippen LogP contribution in [-0.2, 0) is 9.47 Å². The van der Waals surface area contributed by atoms with Gasteiger partial charge in [0.1, 0.15) is 5.60 Å². The van der Waals surface area contributed by atoms with Crippen LogP contribution in [0, 0.1) is 0 Å². The molecule has 158 valence electrons. The third-order valence-electron chi connectivity index (χ3n) is 3.80. The summed E-state index contributed by atoms with van der Waals surface area (Å²) < 4.78 is 10.7. The van der Waals surface area contributed by atoms with Gasteiger partial charge in [-0.15, -0.1) is 0 Å². The lowest BCUT2D eigenvalue weighted by Gasteiger charge is -2.24. The second-order valence-electron chi connectivity index (χ2n) is 7.39. The fourth-order valence-corrected chi connectivity index (χ4v) is 2.49. The van der Waals surface area contributed by atoms with Gasteiger partial charge in [0.2, 0.25) is 0 Å². The molecule has 0 aliphatic heterocycles. The molecule has 0 aromatic heterocycles. The number of amides is 1. The molecule has 7 heteroatoms. The molecule has 0 aliphatic carbocycles. The maximum atomic E-state index is 12.2. The van der Waals surface area contributed by atoms with Crippen molar-refractivity contribution >= 4 is 12.1 Å². The highest BCUT2D eigenvalue weighted by Gasteiger charge is 2.20. The number of nitrogens with one attached hydrogen (secondary N) is 3. The highest BCUT2D eigenvalue weighted by molar-refractivity contribution is 5.79. The molecule has 1 amide bonds. The number of hydrogen-bond acceptors (Lipinski definition) is 4. The van der Waals surface area contributed by atoms with Gasteiger partial charge >= 0.3 is 6.09 Å². The van der Waals surface area contributed by atoms with E-state index in [0.29, 0.717) is 12.5 Å². The molecule has 1 rings (SSSR count). The predicted octanol–water partition coefficient (Wildman–Crippen LogP) is 3.23. The molecule has 0 bridgehead atoms. The van der Waals surface area contributed by atoms with Gasteiger partial charge < -0.3 is 25.4 Å². The summed E-state index contributed by atoms with van der Waals surface area (Å²) in [5.41, 5.74) is 0.450. The maximum absolute atomic E-state index is 12.2. The van der Waals surface area contributed by atoms with E-state index in [1.165, 1.54) is 0 Å². The van der Waals surface area contributed by atoms with Crippen LogP contribution in [0.15, 0.2) is 35.3 Å². The summed E-state index contributed by atoms with van der Waals surface area (Å²) in [4.78, 5) is 16.5. The van der Waals surface area contributed by atoms with Gasteiger partial charge in [-0.05, 0) is 46.1 Å². The first kappa shape index (κ1) is 23.8. The standard InChI is InChI=1S/C21H36N4O3/c1-6-27-15-11-10-14-23-19(22-5)24-16-18(17-12-8-7-9-13-17)25-20(26)28-21(2,3)4/h7-9,12-13,18H,6,10-11,14-16H2,1-5H3,(H,25,26)(H2,22,23,24). The molecular weight excluding hydrogens is 356 g/mol. The Kier molecular flexibility index (Phi) is 11.0. The molecule has 0 saturated carbocycles. The average Bonchev–Trinajstić information content (AvgIpc) is 2.65. The number of alkyl carbamates (subject to hydrolysis) is 1. The van der Waals surface area contributed by atoms with E-state index in [-0.39, 0.29) is 6.04 Å². The van der Waals surface area contributed by atoms with Gasteiger partial charge in [0.25, 0.3) is 0 Å². The van der Waals surface area contributed by atoms with Gasteiger partial charge in [-0.1, -0.05) is 30.3 Å². The van der Waals surface area contributed by atoms with Crippen LogP contribution in [-0.4, -0.2) is 51.0 Å². The first-order valence-electron chi connectivity index (χ1n) is 9.92. The SMILES string of the molecule is CCOCCCCNC(=NC)NCC(NC(=O)OC(C)(C)C)c1ccccc1. The summed E-state index contributed by atoms with van der Waals surface area (Å²) in [6.45, 7) is 10.4. The summed E-state index contributed by atoms with van der Waals surface area (Å²) in [6.07, 6.45) is 1.56. The molecule has 0 saturated heterocycles. The topological polar surface area (TPSA) is 84.0 Å². The third-order valence-corrected chi connectivity index (χ3v) is 3.80. The fourth-order valence-electron chi connectivity index (χ4n) is 2.49. The minimum Gasteiger partial charge on any atom is -0.444 e. The number of carbonyl (C=O) groups excluding carboxylic acids is 1. The van der Waals surface area contributed by atoms with Gasteiger partial charge in [0.05, 0.1) is 6.04 Å². The zero-order valence-electron chi connectivity index (χ0n) is 17.9. The average molecular weight is 393 g/mol. The van der Waals surface area contributed by atoms with Crippen LogP contribution in [0.2, 0.25) is 0 Å². The van der Waals surface area contributed by atoms with E-state index in [9.17, 15) is 4.79 Å². The number of guanidine groups is 1. The van der Waals surface area contributed by atoms with Gasteiger partial charge in [0, 0.05) is 33.4 Å². The van der Waals surface area contributed by atoms with Gasteiger partial charge in [0.15, 0.2) is 5.96 Å². The molecule has 1 atom stereocenters. The van der Waals surface area contributed by atoms with E-state index in [4.69, 9.17) is 9.47 Å². The third kappa shape index (κ3) is 10.8. The second kappa shape index (κ2) is 13.0. The minimum atomic E-state index is -0.544. The van der Waals surface area contributed by atoms with Crippen LogP contribution in [0.3, 0.4) is 0 Å². The Morgan fingerprint density at radius 3 is 2.46 bits per heavy atom. The fraction of sp³-hybridized carbons (Fsp3) is 0.619. The Balaban J connectivity index is 2.57. The second-order valence-corrected chi connectivity index (χ2v) is 7.39. The van der Waals surface area contributed by atoms with Crippen LogP contribution in [0.1, 0.15) is 52.1 Å². The quantitative estimate of drug-likeness (QED) is 0.323. The van der Waals surface area contributed by atoms with Crippen molar-refractivity contribution in [2.45, 2.75) is 52.2 Å². The minimum absolute atomic E-state index is 0.243. The lowest BCUT2D eigenvalue weighted by Crippen LogP contribution is -2.44. The van der Waals surface area contributed by atoms with Crippen LogP contribution in [0.5, 0.6) is 0 Å². The Labute approximate surface area is 169 Å². The predicted molar refractivity (Wildman–Crippen MR) is 114 cm³/mol. The first-order valence-corrected chi connectivity index (χ1v) is 9.92. The van der Waals surface area contributed by atoms with Crippen LogP contribution < -0.4 is 16.0 Å². The van der Waals surface area contributed by atoms with Gasteiger partial charge in [-0.25, -0.2) is 4.79 Å². The van der Waals surface area contributed by atoms with E-state index in [1.807, 2.05) is 58.0 Å². The highest BCUT2D eigenvalue weighted by Crippen LogP contribution is 2.14. The molecule has 7 nitrogen and oxygen atoms in total. The summed E-state index contributed by atoms with van der Waals surface area (Å²) in [6, 6.07) is 9.56. The van der Waals surface area contributed by atoms with Crippen molar-refractivity contribution in [2.75, 3.05) is 33.4 Å². The van der Waals surface area contributed by atoms with Crippen molar-refractivity contribution in [3.8, 4) is 0 Å². The molecule has 1 unspecified atom stereocenters. The zero-order chi connectivity index (χ0) is 20.8. The Bertz CT molecular complexity index is 585. The molecular formula is C21H36N4O3. The monoisotopic (exact) mass is 392 g/mol. The Morgan fingerprint density at radius 2 is 1.86 bits per heavy atom. The summed E-state index contributed by atoms with van der Waals surface area (Å²) in [7, 11) is 1.73. The van der Waals surface area contributed by atoms with Crippen LogP contribution in [0.4, 0.5) is 4.79 Å². The van der Waals surface area contributed by atoms with Crippen molar-refractivity contribution < 1.29 is 14.3 Å². The van der Waals surface area contributed by atoms with Gasteiger partial charge in [-0.2, -0.15) is 0 Å². The number of rotatable bonds is 10. The molecule has 3 N–H and O–H groups in total. The van der Waals surface area contributed by atoms with Gasteiger partial charge in [-0.3, -0.25) is 4.99 Å². The molecule has 0 spiro atoms. The molecule has 1 aromatic carbocycles. The highest BCUT2D eigenvalue weighted by atomic mass is 16.6. The zero-order valence-corrected chi connectivity index (χ0v) is 17.9. The number of aliphatic imine (C=N–C) groups is 1. The molecule has 0 aliphatic rings. The van der Waals surface area contributed by atoms with Crippen LogP contribution >= 0.6 is 0 Å². The first-order chi connectivity index (χ1) is 13.4. The number of carbonyl (C=O) groups is 1. The normalized spacial score (nSPS) is 13.0. The van der Waals surface area contributed by atoms with Crippen molar-refractivity contribution in [3.05, 3.63) is 35.9 Å². The number of ether oxygens (including phenoxy) is 2. The van der Waals surface area contributed by atoms with Crippen LogP contribution in [0.25, 0.3) is 0 Å². The van der Waals surface area contributed by atoms with E-state index >= 15 is 0 Å². The summed E-state index contributed by atoms with van der Waals surface area (Å²) in [5, 5.41) is 9.50. The Hall–Kier alpha value is -2.28. The van der Waals surface area contributed by atoms with E-state index in [0.717, 1.165) is 38.2 Å². The van der Waals surface area contributed by atoms with E-state index < -0.39 is 11.7 Å². The largest absolute Gasteiger partial charge is 0.444 e. The number of unbranched alkanes of at least 4 members (excludes halogenated alkanes) is 1. The smallest absolute Gasteiger partial charge is 0.408 e. The van der Waals surface area contributed by atoms with Crippen molar-refractivity contribution in [1.29, 1.82) is 0 Å². The molecule has 0 fully saturated rings. The number of benzene rings is 1. The lowest BCUT2D eigenvalue weighted by atomic mass is 10.1. The molecule has 0 heterocycles. The Morgan fingerprint density at radius 1 is 1.14 bits per heavy atom. The van der Waals surface area contributed by atoms with Crippen molar-refractivity contribution in [3.63, 3.8) is 0 Å². The molecule has 1 aromatic rings. The van der Waals surface area contributed by atoms with Crippen molar-refractivity contribution in [2.24, 2.45) is 4.99 Å². The van der Waals surface area contributed by atoms with E-state index in [2.05, 4.69) is 20.9 Å². The molecule has 0 radical (unpaired) electrons. The maximum Gasteiger partial charge on any atom is 0.408 e. The lowest BCUT2D eigenvalue weighted by molar-refractivity contribution is 0.0504. The molecule has 28 heavy (non-hydrogen) atoms. The van der Waals surface area contributed by atoms with E-state index in [1.54, 1.807) is 7.05 Å². The summed E-state index contributed by atoms with van der Waals surface area (Å²) >= 11 is 0.